The summed E-state index contributed by atoms with van der Waals surface area (Å²) in [6.45, 7) is 0. The van der Waals surface area contributed by atoms with E-state index in [4.69, 9.17) is 0 Å². The van der Waals surface area contributed by atoms with E-state index in [2.05, 4.69) is 4.99 Å². The second kappa shape index (κ2) is 3.42. The SMILES string of the molecule is O=C1N=c2ccccc2=C1c1ccccc1. The van der Waals surface area contributed by atoms with Crippen LogP contribution in [-0.4, -0.2) is 5.91 Å². The maximum Gasteiger partial charge on any atom is 0.278 e. The zero-order chi connectivity index (χ0) is 11.0. The first-order valence-corrected chi connectivity index (χ1v) is 5.14. The summed E-state index contributed by atoms with van der Waals surface area (Å²) in [5.74, 6) is -0.146. The first kappa shape index (κ1) is 9.04. The van der Waals surface area contributed by atoms with Crippen LogP contribution in [0.2, 0.25) is 0 Å². The van der Waals surface area contributed by atoms with Gasteiger partial charge in [-0.2, -0.15) is 0 Å². The van der Waals surface area contributed by atoms with Crippen LogP contribution in [0, 0.1) is 0 Å². The molecule has 2 nitrogen and oxygen atoms in total. The normalized spacial score (nSPS) is 13.5. The fourth-order valence-electron chi connectivity index (χ4n) is 1.95. The van der Waals surface area contributed by atoms with Crippen molar-refractivity contribution in [1.29, 1.82) is 0 Å². The van der Waals surface area contributed by atoms with E-state index in [0.717, 1.165) is 16.1 Å². The Bertz CT molecular complexity index is 671. The molecule has 16 heavy (non-hydrogen) atoms. The average molecular weight is 207 g/mol. The van der Waals surface area contributed by atoms with Crippen molar-refractivity contribution in [3.05, 3.63) is 70.7 Å². The van der Waals surface area contributed by atoms with E-state index in [1.807, 2.05) is 54.6 Å². The molecular formula is C14H9NO. The van der Waals surface area contributed by atoms with Gasteiger partial charge in [0.15, 0.2) is 0 Å². The summed E-state index contributed by atoms with van der Waals surface area (Å²) in [5.41, 5.74) is 1.64. The Morgan fingerprint density at radius 1 is 0.812 bits per heavy atom. The third kappa shape index (κ3) is 1.27. The van der Waals surface area contributed by atoms with Gasteiger partial charge in [-0.1, -0.05) is 48.5 Å². The van der Waals surface area contributed by atoms with Crippen molar-refractivity contribution >= 4 is 11.5 Å². The summed E-state index contributed by atoms with van der Waals surface area (Å²) in [6, 6.07) is 17.3. The molecule has 0 saturated carbocycles. The molecule has 1 aliphatic heterocycles. The first-order chi connectivity index (χ1) is 7.86. The summed E-state index contributed by atoms with van der Waals surface area (Å²) in [4.78, 5) is 15.9. The highest BCUT2D eigenvalue weighted by Crippen LogP contribution is 2.13. The second-order valence-corrected chi connectivity index (χ2v) is 3.68. The molecule has 0 spiro atoms. The summed E-state index contributed by atoms with van der Waals surface area (Å²) >= 11 is 0. The number of hydrogen-bond donors (Lipinski definition) is 0. The number of amides is 1. The zero-order valence-corrected chi connectivity index (χ0v) is 8.55. The molecule has 0 radical (unpaired) electrons. The number of carbonyl (C=O) groups excluding carboxylic acids is 1. The molecule has 2 aromatic rings. The molecule has 1 amide bonds. The van der Waals surface area contributed by atoms with Crippen LogP contribution in [0.5, 0.6) is 0 Å². The van der Waals surface area contributed by atoms with Crippen LogP contribution in [0.3, 0.4) is 0 Å². The molecule has 0 aliphatic carbocycles. The van der Waals surface area contributed by atoms with Crippen LogP contribution in [0.15, 0.2) is 59.6 Å². The van der Waals surface area contributed by atoms with Gasteiger partial charge in [-0.25, -0.2) is 4.99 Å². The van der Waals surface area contributed by atoms with Crippen molar-refractivity contribution in [2.45, 2.75) is 0 Å². The highest BCUT2D eigenvalue weighted by molar-refractivity contribution is 6.20. The van der Waals surface area contributed by atoms with Gasteiger partial charge in [0, 0.05) is 5.22 Å². The highest BCUT2D eigenvalue weighted by atomic mass is 16.1. The van der Waals surface area contributed by atoms with Gasteiger partial charge in [0.1, 0.15) is 0 Å². The molecule has 0 bridgehead atoms. The van der Waals surface area contributed by atoms with Crippen molar-refractivity contribution in [3.8, 4) is 0 Å². The van der Waals surface area contributed by atoms with Crippen LogP contribution >= 0.6 is 0 Å². The van der Waals surface area contributed by atoms with Crippen LogP contribution < -0.4 is 10.6 Å². The Morgan fingerprint density at radius 3 is 2.31 bits per heavy atom. The van der Waals surface area contributed by atoms with Crippen molar-refractivity contribution < 1.29 is 4.79 Å². The monoisotopic (exact) mass is 207 g/mol. The molecule has 2 aromatic carbocycles. The average Bonchev–Trinajstić information content (AvgIpc) is 2.66. The molecule has 0 atom stereocenters. The van der Waals surface area contributed by atoms with E-state index in [1.54, 1.807) is 0 Å². The Morgan fingerprint density at radius 2 is 1.50 bits per heavy atom. The number of benzene rings is 2. The van der Waals surface area contributed by atoms with E-state index in [1.165, 1.54) is 0 Å². The smallest absolute Gasteiger partial charge is 0.267 e. The Labute approximate surface area is 92.6 Å². The number of nitrogens with zero attached hydrogens (tertiary/aromatic N) is 1. The Hall–Kier alpha value is -2.22. The van der Waals surface area contributed by atoms with Gasteiger partial charge in [-0.15, -0.1) is 0 Å². The molecule has 0 saturated heterocycles. The topological polar surface area (TPSA) is 29.4 Å². The van der Waals surface area contributed by atoms with Gasteiger partial charge in [0.2, 0.25) is 0 Å². The lowest BCUT2D eigenvalue weighted by molar-refractivity contribution is -0.112. The third-order valence-electron chi connectivity index (χ3n) is 2.67. The zero-order valence-electron chi connectivity index (χ0n) is 8.55. The third-order valence-corrected chi connectivity index (χ3v) is 2.67. The maximum absolute atomic E-state index is 11.8. The van der Waals surface area contributed by atoms with Gasteiger partial charge in [-0.3, -0.25) is 4.79 Å². The van der Waals surface area contributed by atoms with E-state index in [-0.39, 0.29) is 5.91 Å². The molecule has 1 aliphatic rings. The predicted octanol–water partition coefficient (Wildman–Crippen LogP) is 1.05. The van der Waals surface area contributed by atoms with Crippen LogP contribution in [0.4, 0.5) is 0 Å². The number of hydrogen-bond acceptors (Lipinski definition) is 1. The summed E-state index contributed by atoms with van der Waals surface area (Å²) < 4.78 is 0. The van der Waals surface area contributed by atoms with Gasteiger partial charge in [0.05, 0.1) is 10.9 Å². The predicted molar refractivity (Wildman–Crippen MR) is 61.2 cm³/mol. The highest BCUT2D eigenvalue weighted by Gasteiger charge is 2.16. The Balaban J connectivity index is 2.39. The molecule has 0 fully saturated rings. The summed E-state index contributed by atoms with van der Waals surface area (Å²) in [5, 5.41) is 1.70. The molecular weight excluding hydrogens is 198 g/mol. The quantitative estimate of drug-likeness (QED) is 0.687. The maximum atomic E-state index is 11.8. The molecule has 1 heterocycles. The van der Waals surface area contributed by atoms with Gasteiger partial charge in [0.25, 0.3) is 5.91 Å². The Kier molecular flexibility index (Phi) is 1.93. The van der Waals surface area contributed by atoms with E-state index < -0.39 is 0 Å². The minimum atomic E-state index is -0.146. The summed E-state index contributed by atoms with van der Waals surface area (Å²) in [7, 11) is 0. The van der Waals surface area contributed by atoms with Crippen molar-refractivity contribution in [1.82, 2.24) is 0 Å². The molecule has 2 heteroatoms. The number of rotatable bonds is 1. The van der Waals surface area contributed by atoms with E-state index in [0.29, 0.717) is 5.57 Å². The van der Waals surface area contributed by atoms with Gasteiger partial charge in [-0.05, 0) is 11.6 Å². The standard InChI is InChI=1S/C14H9NO/c16-14-13(10-6-2-1-3-7-10)11-8-4-5-9-12(11)15-14/h1-9H. The first-order valence-electron chi connectivity index (χ1n) is 5.14. The van der Waals surface area contributed by atoms with E-state index >= 15 is 0 Å². The molecule has 0 aromatic heterocycles. The lowest BCUT2D eigenvalue weighted by Gasteiger charge is -1.98. The molecule has 0 unspecified atom stereocenters. The van der Waals surface area contributed by atoms with Crippen molar-refractivity contribution in [2.75, 3.05) is 0 Å². The molecule has 3 rings (SSSR count). The van der Waals surface area contributed by atoms with Crippen molar-refractivity contribution in [3.63, 3.8) is 0 Å². The fraction of sp³-hybridized carbons (Fsp3) is 0. The summed E-state index contributed by atoms with van der Waals surface area (Å²) in [6.07, 6.45) is 0. The largest absolute Gasteiger partial charge is 0.278 e. The molecule has 0 N–H and O–H groups in total. The van der Waals surface area contributed by atoms with Gasteiger partial charge < -0.3 is 0 Å². The minimum absolute atomic E-state index is 0.146. The van der Waals surface area contributed by atoms with Crippen LogP contribution in [0.1, 0.15) is 5.56 Å². The fourth-order valence-corrected chi connectivity index (χ4v) is 1.95. The number of fused-ring (bicyclic) bond motifs is 1. The van der Waals surface area contributed by atoms with Crippen LogP contribution in [-0.2, 0) is 4.79 Å². The van der Waals surface area contributed by atoms with E-state index in [9.17, 15) is 4.79 Å². The van der Waals surface area contributed by atoms with Gasteiger partial charge >= 0.3 is 0 Å². The van der Waals surface area contributed by atoms with Crippen molar-refractivity contribution in [2.24, 2.45) is 4.99 Å². The second-order valence-electron chi connectivity index (χ2n) is 3.68. The molecule has 76 valence electrons. The number of carbonyl (C=O) groups is 1. The lowest BCUT2D eigenvalue weighted by atomic mass is 10.0. The minimum Gasteiger partial charge on any atom is -0.267 e. The van der Waals surface area contributed by atoms with Crippen LogP contribution in [0.25, 0.3) is 5.57 Å². The lowest BCUT2D eigenvalue weighted by Crippen LogP contribution is -2.22. The number of para-hydroxylation sites is 1.